The molecule has 0 amide bonds. The van der Waals surface area contributed by atoms with Gasteiger partial charge in [0, 0.05) is 6.54 Å². The quantitative estimate of drug-likeness (QED) is 0.815. The highest BCUT2D eigenvalue weighted by Gasteiger charge is 2.07. The molecule has 0 unspecified atom stereocenters. The smallest absolute Gasteiger partial charge is 0.287 e. The summed E-state index contributed by atoms with van der Waals surface area (Å²) in [6, 6.07) is 0. The van der Waals surface area contributed by atoms with Gasteiger partial charge in [0.2, 0.25) is 0 Å². The summed E-state index contributed by atoms with van der Waals surface area (Å²) in [6.45, 7) is 4.76. The first-order valence-corrected chi connectivity index (χ1v) is 5.47. The molecular formula is C11H14ClN3O. The van der Waals surface area contributed by atoms with Gasteiger partial charge >= 0.3 is 0 Å². The average Bonchev–Trinajstić information content (AvgIpc) is 2.28. The monoisotopic (exact) mass is 239 g/mol. The van der Waals surface area contributed by atoms with E-state index in [-0.39, 0.29) is 10.6 Å². The number of aryl methyl sites for hydroxylation is 1. The molecule has 1 aromatic heterocycles. The highest BCUT2D eigenvalue weighted by atomic mass is 35.5. The van der Waals surface area contributed by atoms with Crippen LogP contribution in [-0.2, 0) is 6.54 Å². The predicted molar refractivity (Wildman–Crippen MR) is 65.7 cm³/mol. The minimum absolute atomic E-state index is 0.168. The van der Waals surface area contributed by atoms with Crippen molar-refractivity contribution in [3.8, 4) is 11.8 Å². The highest BCUT2D eigenvalue weighted by molar-refractivity contribution is 6.32. The summed E-state index contributed by atoms with van der Waals surface area (Å²) in [5.41, 5.74) is 0.264. The van der Waals surface area contributed by atoms with Crippen molar-refractivity contribution in [2.24, 2.45) is 0 Å². The van der Waals surface area contributed by atoms with Crippen LogP contribution in [-0.4, -0.2) is 16.3 Å². The minimum atomic E-state index is -0.266. The zero-order valence-electron chi connectivity index (χ0n) is 9.38. The van der Waals surface area contributed by atoms with Crippen molar-refractivity contribution in [1.82, 2.24) is 9.78 Å². The van der Waals surface area contributed by atoms with Crippen LogP contribution in [0.15, 0.2) is 11.0 Å². The van der Waals surface area contributed by atoms with E-state index in [1.54, 1.807) is 13.1 Å². The minimum Gasteiger partial charge on any atom is -0.371 e. The van der Waals surface area contributed by atoms with Gasteiger partial charge in [-0.3, -0.25) is 4.79 Å². The maximum Gasteiger partial charge on any atom is 0.287 e. The van der Waals surface area contributed by atoms with Crippen molar-refractivity contribution in [3.63, 3.8) is 0 Å². The van der Waals surface area contributed by atoms with E-state index in [0.29, 0.717) is 18.8 Å². The topological polar surface area (TPSA) is 46.9 Å². The van der Waals surface area contributed by atoms with Gasteiger partial charge in [0.25, 0.3) is 5.56 Å². The fraction of sp³-hybridized carbons (Fsp3) is 0.455. The van der Waals surface area contributed by atoms with Gasteiger partial charge in [-0.05, 0) is 13.3 Å². The van der Waals surface area contributed by atoms with Crippen LogP contribution in [0.3, 0.4) is 0 Å². The third-order valence-corrected chi connectivity index (χ3v) is 2.33. The van der Waals surface area contributed by atoms with Crippen molar-refractivity contribution in [2.75, 3.05) is 11.9 Å². The molecule has 0 saturated heterocycles. The molecule has 1 aromatic rings. The molecule has 16 heavy (non-hydrogen) atoms. The summed E-state index contributed by atoms with van der Waals surface area (Å²) < 4.78 is 1.36. The van der Waals surface area contributed by atoms with Crippen LogP contribution < -0.4 is 10.9 Å². The second-order valence-electron chi connectivity index (χ2n) is 3.18. The van der Waals surface area contributed by atoms with Crippen molar-refractivity contribution in [2.45, 2.75) is 26.8 Å². The fourth-order valence-electron chi connectivity index (χ4n) is 1.19. The lowest BCUT2D eigenvalue weighted by atomic mass is 10.4. The van der Waals surface area contributed by atoms with Gasteiger partial charge in [0.15, 0.2) is 0 Å². The van der Waals surface area contributed by atoms with Gasteiger partial charge in [-0.2, -0.15) is 5.10 Å². The molecular weight excluding hydrogens is 226 g/mol. The molecule has 1 heterocycles. The van der Waals surface area contributed by atoms with E-state index in [2.05, 4.69) is 22.3 Å². The summed E-state index contributed by atoms with van der Waals surface area (Å²) in [5.74, 6) is 5.57. The maximum absolute atomic E-state index is 11.7. The number of halogens is 1. The highest BCUT2D eigenvalue weighted by Crippen LogP contribution is 2.14. The third-order valence-electron chi connectivity index (χ3n) is 1.96. The Kier molecular flexibility index (Phi) is 4.87. The molecule has 0 aliphatic carbocycles. The number of nitrogens with zero attached hydrogens (tertiary/aromatic N) is 2. The molecule has 0 aromatic carbocycles. The van der Waals surface area contributed by atoms with Crippen molar-refractivity contribution in [1.29, 1.82) is 0 Å². The Morgan fingerprint density at radius 1 is 1.62 bits per heavy atom. The number of hydrogen-bond acceptors (Lipinski definition) is 3. The van der Waals surface area contributed by atoms with Gasteiger partial charge in [-0.25, -0.2) is 4.68 Å². The molecule has 0 bridgehead atoms. The normalized spacial score (nSPS) is 9.44. The molecule has 1 N–H and O–H groups in total. The summed E-state index contributed by atoms with van der Waals surface area (Å²) in [4.78, 5) is 11.7. The molecule has 0 fully saturated rings. The number of anilines is 1. The Labute approximate surface area is 99.6 Å². The Morgan fingerprint density at radius 3 is 3.00 bits per heavy atom. The predicted octanol–water partition coefficient (Wildman–Crippen LogP) is 1.74. The van der Waals surface area contributed by atoms with Gasteiger partial charge < -0.3 is 5.32 Å². The van der Waals surface area contributed by atoms with E-state index in [0.717, 1.165) is 6.42 Å². The second-order valence-corrected chi connectivity index (χ2v) is 3.56. The Balaban J connectivity index is 2.91. The second kappa shape index (κ2) is 6.19. The van der Waals surface area contributed by atoms with Gasteiger partial charge in [0.05, 0.1) is 18.4 Å². The molecule has 1 rings (SSSR count). The first-order chi connectivity index (χ1) is 7.70. The largest absolute Gasteiger partial charge is 0.371 e. The molecule has 0 saturated carbocycles. The zero-order chi connectivity index (χ0) is 12.0. The van der Waals surface area contributed by atoms with Gasteiger partial charge in [-0.15, -0.1) is 5.92 Å². The van der Waals surface area contributed by atoms with Crippen LogP contribution in [0.2, 0.25) is 5.02 Å². The number of hydrogen-bond donors (Lipinski definition) is 1. The van der Waals surface area contributed by atoms with Crippen LogP contribution in [0.5, 0.6) is 0 Å². The fourth-order valence-corrected chi connectivity index (χ4v) is 1.40. The molecule has 0 radical (unpaired) electrons. The third kappa shape index (κ3) is 3.01. The molecule has 0 aliphatic heterocycles. The molecule has 4 nitrogen and oxygen atoms in total. The van der Waals surface area contributed by atoms with Crippen LogP contribution in [0, 0.1) is 11.8 Å². The Bertz CT molecular complexity index is 470. The molecule has 5 heteroatoms. The van der Waals surface area contributed by atoms with Crippen molar-refractivity contribution >= 4 is 17.3 Å². The van der Waals surface area contributed by atoms with E-state index in [1.807, 2.05) is 6.92 Å². The van der Waals surface area contributed by atoms with Crippen molar-refractivity contribution < 1.29 is 0 Å². The number of nitrogens with one attached hydrogen (secondary N) is 1. The van der Waals surface area contributed by atoms with Crippen LogP contribution >= 0.6 is 11.6 Å². The van der Waals surface area contributed by atoms with Crippen LogP contribution in [0.4, 0.5) is 5.69 Å². The number of rotatable bonds is 4. The van der Waals surface area contributed by atoms with Gasteiger partial charge in [-0.1, -0.05) is 24.4 Å². The molecule has 0 spiro atoms. The van der Waals surface area contributed by atoms with E-state index >= 15 is 0 Å². The van der Waals surface area contributed by atoms with E-state index in [9.17, 15) is 4.79 Å². The SMILES string of the molecule is CC#CCNc1cnn(CCC)c(=O)c1Cl. The Hall–Kier alpha value is -1.47. The lowest BCUT2D eigenvalue weighted by molar-refractivity contribution is 0.568. The maximum atomic E-state index is 11.7. The lowest BCUT2D eigenvalue weighted by Crippen LogP contribution is -2.24. The van der Waals surface area contributed by atoms with Crippen molar-refractivity contribution in [3.05, 3.63) is 21.6 Å². The number of aromatic nitrogens is 2. The van der Waals surface area contributed by atoms with Gasteiger partial charge in [0.1, 0.15) is 5.02 Å². The van der Waals surface area contributed by atoms with Crippen LogP contribution in [0.25, 0.3) is 0 Å². The zero-order valence-corrected chi connectivity index (χ0v) is 10.1. The van der Waals surface area contributed by atoms with Crippen LogP contribution in [0.1, 0.15) is 20.3 Å². The summed E-state index contributed by atoms with van der Waals surface area (Å²) in [6.07, 6.45) is 2.40. The molecule has 86 valence electrons. The first-order valence-electron chi connectivity index (χ1n) is 5.09. The summed E-state index contributed by atoms with van der Waals surface area (Å²) >= 11 is 5.93. The molecule has 0 atom stereocenters. The Morgan fingerprint density at radius 2 is 2.38 bits per heavy atom. The van der Waals surface area contributed by atoms with E-state index in [1.165, 1.54) is 4.68 Å². The molecule has 0 aliphatic rings. The standard InChI is InChI=1S/C11H14ClN3O/c1-3-5-6-13-9-8-14-15(7-4-2)11(16)10(9)12/h8,13H,4,6-7H2,1-2H3. The first kappa shape index (κ1) is 12.6. The summed E-state index contributed by atoms with van der Waals surface area (Å²) in [7, 11) is 0. The lowest BCUT2D eigenvalue weighted by Gasteiger charge is -2.07. The average molecular weight is 240 g/mol. The summed E-state index contributed by atoms with van der Waals surface area (Å²) in [5, 5.41) is 7.13. The van der Waals surface area contributed by atoms with E-state index < -0.39 is 0 Å². The van der Waals surface area contributed by atoms with E-state index in [4.69, 9.17) is 11.6 Å².